The molecule has 27 heavy (non-hydrogen) atoms. The van der Waals surface area contributed by atoms with E-state index >= 15 is 0 Å². The van der Waals surface area contributed by atoms with Crippen LogP contribution in [-0.2, 0) is 6.42 Å². The van der Waals surface area contributed by atoms with Gasteiger partial charge in [-0.05, 0) is 41.8 Å². The second-order valence-corrected chi connectivity index (χ2v) is 7.37. The molecule has 4 aromatic rings. The van der Waals surface area contributed by atoms with Crippen LogP contribution in [-0.4, -0.2) is 14.1 Å². The second-order valence-electron chi connectivity index (χ2n) is 7.37. The highest BCUT2D eigenvalue weighted by molar-refractivity contribution is 5.75. The maximum Gasteiger partial charge on any atom is 0.211 e. The molecule has 2 nitrogen and oxygen atoms in total. The Kier molecular flexibility index (Phi) is 4.99. The van der Waals surface area contributed by atoms with Crippen LogP contribution >= 0.6 is 0 Å². The average molecular weight is 354 g/mol. The van der Waals surface area contributed by atoms with Crippen molar-refractivity contribution in [1.82, 2.24) is 0 Å². The highest BCUT2D eigenvalue weighted by Crippen LogP contribution is 2.27. The lowest BCUT2D eigenvalue weighted by molar-refractivity contribution is -0.786. The number of quaternary nitrogens is 1. The number of fused-ring (bicyclic) bond motifs is 1. The van der Waals surface area contributed by atoms with Gasteiger partial charge in [-0.2, -0.15) is 0 Å². The average Bonchev–Trinajstić information content (AvgIpc) is 2.72. The van der Waals surface area contributed by atoms with Gasteiger partial charge >= 0.3 is 0 Å². The third kappa shape index (κ3) is 3.91. The van der Waals surface area contributed by atoms with Crippen LogP contribution in [0.15, 0.2) is 91.0 Å². The lowest BCUT2D eigenvalue weighted by Crippen LogP contribution is -3.00. The third-order valence-electron chi connectivity index (χ3n) is 5.23. The largest absolute Gasteiger partial charge is 0.307 e. The predicted octanol–water partition coefficient (Wildman–Crippen LogP) is 3.80. The van der Waals surface area contributed by atoms with Crippen LogP contribution in [0.3, 0.4) is 0 Å². The summed E-state index contributed by atoms with van der Waals surface area (Å²) >= 11 is 0. The summed E-state index contributed by atoms with van der Waals surface area (Å²) in [5.74, 6) is 0.299. The molecule has 1 atom stereocenters. The summed E-state index contributed by atoms with van der Waals surface area (Å²) in [5, 5.41) is 1.24. The van der Waals surface area contributed by atoms with Crippen molar-refractivity contribution < 1.29 is 9.88 Å². The Hall–Kier alpha value is -2.97. The number of hydrogen-bond acceptors (Lipinski definition) is 0. The number of aromatic amines is 1. The van der Waals surface area contributed by atoms with E-state index in [1.807, 2.05) is 0 Å². The van der Waals surface area contributed by atoms with E-state index in [4.69, 9.17) is 0 Å². The van der Waals surface area contributed by atoms with Crippen LogP contribution in [0.5, 0.6) is 0 Å². The lowest BCUT2D eigenvalue weighted by atomic mass is 9.88. The van der Waals surface area contributed by atoms with Gasteiger partial charge in [0, 0.05) is 17.5 Å². The monoisotopic (exact) mass is 354 g/mol. The molecule has 0 amide bonds. The Morgan fingerprint density at radius 2 is 1.44 bits per heavy atom. The van der Waals surface area contributed by atoms with E-state index in [1.54, 1.807) is 0 Å². The van der Waals surface area contributed by atoms with E-state index in [0.717, 1.165) is 6.42 Å². The summed E-state index contributed by atoms with van der Waals surface area (Å²) in [6, 6.07) is 32.7. The first-order chi connectivity index (χ1) is 13.2. The molecule has 2 N–H and O–H groups in total. The van der Waals surface area contributed by atoms with Crippen molar-refractivity contribution >= 4 is 16.6 Å². The van der Waals surface area contributed by atoms with E-state index in [2.05, 4.69) is 110 Å². The lowest BCUT2D eigenvalue weighted by Gasteiger charge is -2.15. The molecule has 3 aromatic carbocycles. The minimum atomic E-state index is 0.299. The third-order valence-corrected chi connectivity index (χ3v) is 5.23. The zero-order chi connectivity index (χ0) is 18.6. The number of benzene rings is 3. The number of nitrogens with one attached hydrogen (secondary N) is 2. The minimum Gasteiger partial charge on any atom is -0.307 e. The Labute approximate surface area is 161 Å². The molecule has 1 heterocycles. The first-order valence-electron chi connectivity index (χ1n) is 9.56. The maximum absolute atomic E-state index is 3.67. The topological polar surface area (TPSA) is 18.6 Å². The summed E-state index contributed by atoms with van der Waals surface area (Å²) in [5.41, 5.74) is 6.44. The molecule has 0 spiro atoms. The summed E-state index contributed by atoms with van der Waals surface area (Å²) in [4.78, 5) is 5.02. The maximum atomic E-state index is 3.67. The van der Waals surface area contributed by atoms with Gasteiger partial charge in [0.05, 0.1) is 20.0 Å². The van der Waals surface area contributed by atoms with Crippen molar-refractivity contribution in [3.63, 3.8) is 0 Å². The number of rotatable bonds is 5. The zero-order valence-corrected chi connectivity index (χ0v) is 15.9. The van der Waals surface area contributed by atoms with Crippen molar-refractivity contribution in [2.45, 2.75) is 12.3 Å². The first-order valence-corrected chi connectivity index (χ1v) is 9.56. The van der Waals surface area contributed by atoms with Crippen LogP contribution in [0.2, 0.25) is 0 Å². The van der Waals surface area contributed by atoms with Crippen molar-refractivity contribution in [3.05, 3.63) is 108 Å². The van der Waals surface area contributed by atoms with E-state index in [9.17, 15) is 0 Å². The van der Waals surface area contributed by atoms with Gasteiger partial charge in [-0.3, -0.25) is 0 Å². The number of aromatic nitrogens is 1. The number of hydrogen-bond donors (Lipinski definition) is 1. The smallest absolute Gasteiger partial charge is 0.211 e. The standard InChI is InChI=1S/C25H24N2/c1-27(2)22-15-12-19(13-16-22)18-23(20-8-4-3-5-9-20)25-17-14-21-10-6-7-11-24(21)26-25/h3-17,23H,18H2,1-2H3/p+2. The Bertz CT molecular complexity index is 1020. The van der Waals surface area contributed by atoms with Crippen LogP contribution in [0, 0.1) is 0 Å². The molecule has 0 aliphatic carbocycles. The highest BCUT2D eigenvalue weighted by atomic mass is 15.1. The van der Waals surface area contributed by atoms with Crippen molar-refractivity contribution in [1.29, 1.82) is 0 Å². The van der Waals surface area contributed by atoms with Crippen molar-refractivity contribution in [2.75, 3.05) is 14.1 Å². The van der Waals surface area contributed by atoms with Gasteiger partial charge in [0.2, 0.25) is 5.52 Å². The molecule has 0 aliphatic heterocycles. The highest BCUT2D eigenvalue weighted by Gasteiger charge is 2.21. The van der Waals surface area contributed by atoms with Gasteiger partial charge < -0.3 is 4.90 Å². The number of H-pyrrole nitrogens is 1. The zero-order valence-electron chi connectivity index (χ0n) is 15.9. The molecule has 0 bridgehead atoms. The molecule has 0 aliphatic rings. The van der Waals surface area contributed by atoms with E-state index < -0.39 is 0 Å². The predicted molar refractivity (Wildman–Crippen MR) is 111 cm³/mol. The van der Waals surface area contributed by atoms with E-state index in [0.29, 0.717) is 5.92 Å². The number of pyridine rings is 1. The summed E-state index contributed by atoms with van der Waals surface area (Å²) in [6.45, 7) is 0. The fourth-order valence-corrected chi connectivity index (χ4v) is 3.64. The SMILES string of the molecule is C[NH+](C)c1ccc(CC(c2ccccc2)c2ccc3ccccc3[nH+]2)cc1. The molecule has 0 saturated carbocycles. The first kappa shape index (κ1) is 17.4. The molecule has 4 rings (SSSR count). The summed E-state index contributed by atoms with van der Waals surface area (Å²) in [7, 11) is 4.32. The fraction of sp³-hybridized carbons (Fsp3) is 0.160. The molecule has 134 valence electrons. The summed E-state index contributed by atoms with van der Waals surface area (Å²) < 4.78 is 0. The molecule has 0 saturated heterocycles. The van der Waals surface area contributed by atoms with Gasteiger partial charge in [-0.25, -0.2) is 4.98 Å². The molecule has 1 unspecified atom stereocenters. The van der Waals surface area contributed by atoms with Crippen LogP contribution < -0.4 is 9.88 Å². The van der Waals surface area contributed by atoms with Gasteiger partial charge in [-0.1, -0.05) is 54.6 Å². The molecular weight excluding hydrogens is 328 g/mol. The van der Waals surface area contributed by atoms with Gasteiger partial charge in [0.1, 0.15) is 5.69 Å². The van der Waals surface area contributed by atoms with Crippen molar-refractivity contribution in [2.24, 2.45) is 0 Å². The van der Waals surface area contributed by atoms with Crippen LogP contribution in [0.25, 0.3) is 10.9 Å². The molecule has 1 aromatic heterocycles. The summed E-state index contributed by atoms with van der Waals surface area (Å²) in [6.07, 6.45) is 0.974. The number of para-hydroxylation sites is 1. The van der Waals surface area contributed by atoms with Crippen LogP contribution in [0.4, 0.5) is 5.69 Å². The van der Waals surface area contributed by atoms with Gasteiger partial charge in [-0.15, -0.1) is 0 Å². The Morgan fingerprint density at radius 3 is 2.19 bits per heavy atom. The second kappa shape index (κ2) is 7.73. The molecule has 0 radical (unpaired) electrons. The quantitative estimate of drug-likeness (QED) is 0.562. The fourth-order valence-electron chi connectivity index (χ4n) is 3.64. The van der Waals surface area contributed by atoms with E-state index in [1.165, 1.54) is 38.3 Å². The molecule has 2 heteroatoms. The van der Waals surface area contributed by atoms with Crippen LogP contribution in [0.1, 0.15) is 22.7 Å². The Balaban J connectivity index is 1.72. The normalized spacial score (nSPS) is 12.4. The van der Waals surface area contributed by atoms with E-state index in [-0.39, 0.29) is 0 Å². The van der Waals surface area contributed by atoms with Crippen molar-refractivity contribution in [3.8, 4) is 0 Å². The Morgan fingerprint density at radius 1 is 0.741 bits per heavy atom. The molecule has 0 fully saturated rings. The van der Waals surface area contributed by atoms with Gasteiger partial charge in [0.25, 0.3) is 0 Å². The van der Waals surface area contributed by atoms with Gasteiger partial charge in [0.15, 0.2) is 5.69 Å². The minimum absolute atomic E-state index is 0.299. The molecular formula is C25H26N2+2.